The molecular formula is C22H24N4O5S3. The number of thiophene rings is 1. The number of nitrogens with one attached hydrogen (secondary N) is 2. The quantitative estimate of drug-likeness (QED) is 0.427. The molecule has 2 aromatic heterocycles. The number of aromatic nitrogens is 2. The van der Waals surface area contributed by atoms with Crippen LogP contribution in [0.25, 0.3) is 0 Å². The van der Waals surface area contributed by atoms with Gasteiger partial charge in [-0.15, -0.1) is 21.5 Å². The number of aryl methyl sites for hydroxylation is 3. The molecule has 1 amide bonds. The summed E-state index contributed by atoms with van der Waals surface area (Å²) in [4.78, 5) is 27.1. The predicted molar refractivity (Wildman–Crippen MR) is 131 cm³/mol. The number of fused-ring (bicyclic) bond motifs is 1. The molecule has 2 heterocycles. The Balaban J connectivity index is 1.38. The van der Waals surface area contributed by atoms with Gasteiger partial charge in [0.25, 0.3) is 15.9 Å². The van der Waals surface area contributed by atoms with E-state index < -0.39 is 28.0 Å². The third kappa shape index (κ3) is 5.62. The summed E-state index contributed by atoms with van der Waals surface area (Å²) in [6, 6.07) is 7.56. The Labute approximate surface area is 205 Å². The molecule has 180 valence electrons. The third-order valence-corrected chi connectivity index (χ3v) is 8.75. The van der Waals surface area contributed by atoms with E-state index >= 15 is 0 Å². The fourth-order valence-corrected chi connectivity index (χ4v) is 6.51. The second-order valence-electron chi connectivity index (χ2n) is 7.81. The first-order chi connectivity index (χ1) is 16.2. The molecule has 0 spiro atoms. The zero-order valence-electron chi connectivity index (χ0n) is 18.7. The maximum atomic E-state index is 12.7. The summed E-state index contributed by atoms with van der Waals surface area (Å²) in [5.41, 5.74) is 1.59. The second-order valence-corrected chi connectivity index (χ2v) is 11.8. The van der Waals surface area contributed by atoms with E-state index in [1.807, 2.05) is 6.07 Å². The van der Waals surface area contributed by atoms with Crippen molar-refractivity contribution in [1.82, 2.24) is 10.2 Å². The van der Waals surface area contributed by atoms with Crippen LogP contribution < -0.4 is 10.0 Å². The lowest BCUT2D eigenvalue weighted by atomic mass is 9.99. The Hall–Kier alpha value is -2.83. The zero-order chi connectivity index (χ0) is 24.3. The number of anilines is 2. The lowest BCUT2D eigenvalue weighted by Crippen LogP contribution is -2.31. The first kappa shape index (κ1) is 24.3. The van der Waals surface area contributed by atoms with E-state index in [9.17, 15) is 18.0 Å². The number of benzene rings is 1. The number of hydrogen-bond acceptors (Lipinski definition) is 9. The summed E-state index contributed by atoms with van der Waals surface area (Å²) >= 11 is 2.57. The number of nitrogens with zero attached hydrogens (tertiary/aromatic N) is 2. The number of amides is 1. The van der Waals surface area contributed by atoms with Gasteiger partial charge in [-0.25, -0.2) is 13.2 Å². The van der Waals surface area contributed by atoms with Crippen LogP contribution in [-0.4, -0.2) is 36.6 Å². The Morgan fingerprint density at radius 2 is 1.85 bits per heavy atom. The maximum Gasteiger partial charge on any atom is 0.349 e. The van der Waals surface area contributed by atoms with E-state index in [1.165, 1.54) is 46.0 Å². The highest BCUT2D eigenvalue weighted by molar-refractivity contribution is 7.93. The topological polar surface area (TPSA) is 127 Å². The minimum atomic E-state index is -3.84. The summed E-state index contributed by atoms with van der Waals surface area (Å²) in [5, 5.41) is 11.0. The van der Waals surface area contributed by atoms with Crippen molar-refractivity contribution in [3.05, 3.63) is 50.7 Å². The van der Waals surface area contributed by atoms with Crippen LogP contribution in [0.5, 0.6) is 0 Å². The zero-order valence-corrected chi connectivity index (χ0v) is 21.1. The second kappa shape index (κ2) is 10.2. The molecule has 0 bridgehead atoms. The van der Waals surface area contributed by atoms with Crippen molar-refractivity contribution in [3.8, 4) is 0 Å². The van der Waals surface area contributed by atoms with Gasteiger partial charge in [0.1, 0.15) is 9.88 Å². The van der Waals surface area contributed by atoms with Crippen molar-refractivity contribution in [2.45, 2.75) is 57.0 Å². The van der Waals surface area contributed by atoms with Gasteiger partial charge >= 0.3 is 5.97 Å². The van der Waals surface area contributed by atoms with Gasteiger partial charge < -0.3 is 10.1 Å². The fraction of sp³-hybridized carbons (Fsp3) is 0.364. The normalized spacial score (nSPS) is 14.2. The van der Waals surface area contributed by atoms with Gasteiger partial charge in [-0.2, -0.15) is 0 Å². The van der Waals surface area contributed by atoms with E-state index in [4.69, 9.17) is 4.74 Å². The number of esters is 1. The molecule has 0 radical (unpaired) electrons. The molecule has 34 heavy (non-hydrogen) atoms. The predicted octanol–water partition coefficient (Wildman–Crippen LogP) is 4.16. The van der Waals surface area contributed by atoms with Gasteiger partial charge in [-0.3, -0.25) is 9.52 Å². The Bertz CT molecular complexity index is 1270. The van der Waals surface area contributed by atoms with Crippen molar-refractivity contribution >= 4 is 55.4 Å². The summed E-state index contributed by atoms with van der Waals surface area (Å²) in [6.45, 7) is 3.48. The molecule has 0 saturated heterocycles. The van der Waals surface area contributed by atoms with Gasteiger partial charge in [-0.1, -0.05) is 18.3 Å². The van der Waals surface area contributed by atoms with E-state index in [2.05, 4.69) is 20.2 Å². The van der Waals surface area contributed by atoms with Crippen LogP contribution in [0.1, 0.15) is 51.3 Å². The van der Waals surface area contributed by atoms with Crippen molar-refractivity contribution in [2.75, 3.05) is 10.0 Å². The van der Waals surface area contributed by atoms with Gasteiger partial charge in [0.2, 0.25) is 5.13 Å². The summed E-state index contributed by atoms with van der Waals surface area (Å²) in [6.07, 6.45) is 3.54. The highest BCUT2D eigenvalue weighted by atomic mass is 32.2. The van der Waals surface area contributed by atoms with Crippen LogP contribution in [-0.2, 0) is 32.4 Å². The molecule has 1 atom stereocenters. The van der Waals surface area contributed by atoms with Crippen LogP contribution in [0.15, 0.2) is 35.2 Å². The average molecular weight is 521 g/mol. The molecule has 12 heteroatoms. The number of rotatable bonds is 8. The van der Waals surface area contributed by atoms with Gasteiger partial charge in [-0.05, 0) is 74.9 Å². The molecule has 0 aliphatic heterocycles. The first-order valence-electron chi connectivity index (χ1n) is 10.8. The monoisotopic (exact) mass is 520 g/mol. The number of sulfonamides is 1. The molecule has 1 unspecified atom stereocenters. The third-order valence-electron chi connectivity index (χ3n) is 5.29. The molecule has 2 N–H and O–H groups in total. The minimum absolute atomic E-state index is 0.0125. The first-order valence-corrected chi connectivity index (χ1v) is 13.9. The summed E-state index contributed by atoms with van der Waals surface area (Å²) < 4.78 is 32.9. The summed E-state index contributed by atoms with van der Waals surface area (Å²) in [5.74, 6) is -0.976. The van der Waals surface area contributed by atoms with Gasteiger partial charge in [0, 0.05) is 10.6 Å². The van der Waals surface area contributed by atoms with Crippen LogP contribution in [0.4, 0.5) is 10.8 Å². The van der Waals surface area contributed by atoms with Crippen LogP contribution in [0.2, 0.25) is 0 Å². The maximum absolute atomic E-state index is 12.7. The number of ether oxygens (including phenoxy) is 1. The summed E-state index contributed by atoms with van der Waals surface area (Å²) in [7, 11) is -3.84. The van der Waals surface area contributed by atoms with Crippen molar-refractivity contribution in [2.24, 2.45) is 0 Å². The van der Waals surface area contributed by atoms with Crippen LogP contribution in [0.3, 0.4) is 0 Å². The lowest BCUT2D eigenvalue weighted by molar-refractivity contribution is -0.124. The van der Waals surface area contributed by atoms with Crippen molar-refractivity contribution in [3.63, 3.8) is 0 Å². The van der Waals surface area contributed by atoms with Crippen LogP contribution in [0, 0.1) is 6.92 Å². The van der Waals surface area contributed by atoms with E-state index in [0.717, 1.165) is 37.0 Å². The Morgan fingerprint density at radius 3 is 2.50 bits per heavy atom. The number of hydrogen-bond donors (Lipinski definition) is 2. The minimum Gasteiger partial charge on any atom is -0.448 e. The van der Waals surface area contributed by atoms with E-state index in [1.54, 1.807) is 13.8 Å². The fourth-order valence-electron chi connectivity index (χ4n) is 3.55. The lowest BCUT2D eigenvalue weighted by Gasteiger charge is -2.16. The Kier molecular flexibility index (Phi) is 7.29. The van der Waals surface area contributed by atoms with Crippen molar-refractivity contribution < 1.29 is 22.7 Å². The molecule has 1 aromatic carbocycles. The molecule has 0 saturated carbocycles. The van der Waals surface area contributed by atoms with Crippen molar-refractivity contribution in [1.29, 1.82) is 0 Å². The largest absolute Gasteiger partial charge is 0.448 e. The standard InChI is InChI=1S/C22H24N4O5S3/c1-3-17(31-21(28)19-12-14-6-4-5-7-18(14)33-19)20(27)23-15-8-10-16(11-9-15)34(29,30)26-22-25-24-13(2)32-22/h8-12,17H,3-7H2,1-2H3,(H,23,27)(H,25,26). The highest BCUT2D eigenvalue weighted by Crippen LogP contribution is 2.30. The molecule has 0 fully saturated rings. The molecule has 1 aliphatic rings. The SMILES string of the molecule is CCC(OC(=O)c1cc2c(s1)CCCC2)C(=O)Nc1ccc(S(=O)(=O)Nc2nnc(C)s2)cc1. The van der Waals surface area contributed by atoms with E-state index in [0.29, 0.717) is 22.0 Å². The Morgan fingerprint density at radius 1 is 1.12 bits per heavy atom. The molecule has 1 aliphatic carbocycles. The molecular weight excluding hydrogens is 496 g/mol. The van der Waals surface area contributed by atoms with Crippen LogP contribution >= 0.6 is 22.7 Å². The number of carbonyl (C=O) groups excluding carboxylic acids is 2. The molecule has 4 rings (SSSR count). The average Bonchev–Trinajstić information content (AvgIpc) is 3.43. The molecule has 3 aromatic rings. The van der Waals surface area contributed by atoms with Gasteiger partial charge in [0.05, 0.1) is 4.90 Å². The number of carbonyl (C=O) groups is 2. The van der Waals surface area contributed by atoms with E-state index in [-0.39, 0.29) is 10.0 Å². The van der Waals surface area contributed by atoms with Gasteiger partial charge in [0.15, 0.2) is 6.10 Å². The smallest absolute Gasteiger partial charge is 0.349 e. The highest BCUT2D eigenvalue weighted by Gasteiger charge is 2.25. The molecule has 9 nitrogen and oxygen atoms in total.